The molecule has 7 heteroatoms. The number of halogens is 2. The van der Waals surface area contributed by atoms with E-state index in [1.54, 1.807) is 29.8 Å². The Morgan fingerprint density at radius 2 is 2.12 bits per heavy atom. The van der Waals surface area contributed by atoms with E-state index in [1.807, 2.05) is 22.6 Å². The molecule has 0 aliphatic carbocycles. The largest absolute Gasteiger partial charge is 0.396 e. The van der Waals surface area contributed by atoms with Crippen molar-refractivity contribution < 1.29 is 14.3 Å². The van der Waals surface area contributed by atoms with Gasteiger partial charge in [0.25, 0.3) is 0 Å². The molecule has 2 aromatic rings. The second-order valence-corrected chi connectivity index (χ2v) is 6.88. The highest BCUT2D eigenvalue weighted by molar-refractivity contribution is 14.1. The van der Waals surface area contributed by atoms with Gasteiger partial charge in [0.15, 0.2) is 5.78 Å². The zero-order valence-corrected chi connectivity index (χ0v) is 16.4. The van der Waals surface area contributed by atoms with Gasteiger partial charge >= 0.3 is 0 Å². The number of anilines is 2. The molecular weight excluding hydrogens is 436 g/mol. The Balaban J connectivity index is 2.40. The minimum absolute atomic E-state index is 0.0761. The first-order valence-corrected chi connectivity index (χ1v) is 8.89. The van der Waals surface area contributed by atoms with Crippen LogP contribution in [0.3, 0.4) is 0 Å². The number of benzene rings is 1. The summed E-state index contributed by atoms with van der Waals surface area (Å²) in [5.41, 5.74) is 2.10. The Morgan fingerprint density at radius 3 is 2.72 bits per heavy atom. The van der Waals surface area contributed by atoms with Gasteiger partial charge in [0, 0.05) is 42.0 Å². The van der Waals surface area contributed by atoms with Crippen molar-refractivity contribution in [2.24, 2.45) is 7.05 Å². The number of carbonyl (C=O) groups is 1. The summed E-state index contributed by atoms with van der Waals surface area (Å²) in [5.74, 6) is 0.108. The van der Waals surface area contributed by atoms with E-state index in [-0.39, 0.29) is 18.2 Å². The van der Waals surface area contributed by atoms with Gasteiger partial charge < -0.3 is 20.3 Å². The van der Waals surface area contributed by atoms with Crippen LogP contribution in [0.4, 0.5) is 15.9 Å². The van der Waals surface area contributed by atoms with Gasteiger partial charge in [0.1, 0.15) is 11.6 Å². The highest BCUT2D eigenvalue weighted by Crippen LogP contribution is 2.30. The van der Waals surface area contributed by atoms with E-state index in [4.69, 9.17) is 5.11 Å². The van der Waals surface area contributed by atoms with Gasteiger partial charge in [-0.3, -0.25) is 4.79 Å². The Hall–Kier alpha value is -1.87. The van der Waals surface area contributed by atoms with Gasteiger partial charge in [-0.1, -0.05) is 6.58 Å². The minimum atomic E-state index is -0.373. The van der Waals surface area contributed by atoms with Crippen molar-refractivity contribution in [3.05, 3.63) is 51.5 Å². The number of carbonyl (C=O) groups excluding carboxylic acids is 1. The van der Waals surface area contributed by atoms with Crippen LogP contribution in [0.1, 0.15) is 29.4 Å². The van der Waals surface area contributed by atoms with Gasteiger partial charge in [0.2, 0.25) is 0 Å². The molecule has 25 heavy (non-hydrogen) atoms. The van der Waals surface area contributed by atoms with Gasteiger partial charge in [0.05, 0.1) is 11.4 Å². The first-order chi connectivity index (χ1) is 11.8. The number of hydrogen-bond acceptors (Lipinski definition) is 4. The van der Waals surface area contributed by atoms with Gasteiger partial charge in [-0.15, -0.1) is 0 Å². The SMILES string of the molecule is C=C(NCCCO)c1cc(C(C)=O)n(C)c1Nc1ccc(I)cc1F. The van der Waals surface area contributed by atoms with Gasteiger partial charge in [-0.2, -0.15) is 0 Å². The molecule has 1 aromatic heterocycles. The maximum atomic E-state index is 14.2. The number of nitrogens with one attached hydrogen (secondary N) is 2. The van der Waals surface area contributed by atoms with Crippen LogP contribution in [0.15, 0.2) is 30.8 Å². The molecule has 0 atom stereocenters. The molecule has 0 fully saturated rings. The van der Waals surface area contributed by atoms with E-state index in [2.05, 4.69) is 17.2 Å². The Morgan fingerprint density at radius 1 is 1.40 bits per heavy atom. The van der Waals surface area contributed by atoms with Gasteiger partial charge in [-0.05, 0) is 53.3 Å². The zero-order valence-electron chi connectivity index (χ0n) is 14.2. The number of aliphatic hydroxyl groups is 1. The topological polar surface area (TPSA) is 66.3 Å². The standard InChI is InChI=1S/C18H21FIN3O2/c1-11(21-7-4-8-24)14-10-17(12(2)25)23(3)18(14)22-16-6-5-13(20)9-15(16)19/h5-6,9-10,21-22,24H,1,4,7-8H2,2-3H3. The molecule has 0 bridgehead atoms. The van der Waals surface area contributed by atoms with E-state index in [9.17, 15) is 9.18 Å². The van der Waals surface area contributed by atoms with Gasteiger partial charge in [-0.25, -0.2) is 4.39 Å². The molecule has 3 N–H and O–H groups in total. The van der Waals surface area contributed by atoms with Crippen LogP contribution in [0.5, 0.6) is 0 Å². The molecule has 0 radical (unpaired) electrons. The fourth-order valence-corrected chi connectivity index (χ4v) is 2.91. The minimum Gasteiger partial charge on any atom is -0.396 e. The molecule has 1 aromatic carbocycles. The van der Waals surface area contributed by atoms with E-state index < -0.39 is 0 Å². The highest BCUT2D eigenvalue weighted by Gasteiger charge is 2.18. The van der Waals surface area contributed by atoms with Crippen molar-refractivity contribution in [2.45, 2.75) is 13.3 Å². The predicted molar refractivity (Wildman–Crippen MR) is 107 cm³/mol. The number of hydrogen-bond donors (Lipinski definition) is 3. The molecule has 0 spiro atoms. The van der Waals surface area contributed by atoms with Crippen molar-refractivity contribution in [2.75, 3.05) is 18.5 Å². The third kappa shape index (κ3) is 4.60. The number of rotatable bonds is 8. The first kappa shape index (κ1) is 19.5. The lowest BCUT2D eigenvalue weighted by Crippen LogP contribution is -2.15. The highest BCUT2D eigenvalue weighted by atomic mass is 127. The summed E-state index contributed by atoms with van der Waals surface area (Å²) in [7, 11) is 1.74. The molecule has 0 aliphatic rings. The number of nitrogens with zero attached hydrogens (tertiary/aromatic N) is 1. The van der Waals surface area contributed by atoms with Crippen molar-refractivity contribution in [3.63, 3.8) is 0 Å². The third-order valence-corrected chi connectivity index (χ3v) is 4.45. The quantitative estimate of drug-likeness (QED) is 0.322. The third-order valence-electron chi connectivity index (χ3n) is 3.78. The van der Waals surface area contributed by atoms with Crippen LogP contribution in [-0.2, 0) is 7.05 Å². The summed E-state index contributed by atoms with van der Waals surface area (Å²) >= 11 is 2.05. The van der Waals surface area contributed by atoms with E-state index in [1.165, 1.54) is 13.0 Å². The van der Waals surface area contributed by atoms with Crippen LogP contribution < -0.4 is 10.6 Å². The Bertz CT molecular complexity index is 802. The molecule has 0 amide bonds. The molecule has 2 rings (SSSR count). The molecule has 0 saturated carbocycles. The van der Waals surface area contributed by atoms with Crippen LogP contribution in [0.2, 0.25) is 0 Å². The lowest BCUT2D eigenvalue weighted by molar-refractivity contribution is 0.101. The lowest BCUT2D eigenvalue weighted by atomic mass is 10.2. The molecule has 0 saturated heterocycles. The van der Waals surface area contributed by atoms with E-state index in [0.29, 0.717) is 41.4 Å². The normalized spacial score (nSPS) is 10.6. The summed E-state index contributed by atoms with van der Waals surface area (Å²) in [4.78, 5) is 11.9. The second-order valence-electron chi connectivity index (χ2n) is 5.64. The first-order valence-electron chi connectivity index (χ1n) is 7.82. The Labute approximate surface area is 160 Å². The number of Topliss-reactive ketones (excluding diaryl/α,β-unsaturated/α-hetero) is 1. The predicted octanol–water partition coefficient (Wildman–Crippen LogP) is 3.66. The van der Waals surface area contributed by atoms with E-state index in [0.717, 1.165) is 3.57 Å². The summed E-state index contributed by atoms with van der Waals surface area (Å²) in [5, 5.41) is 15.1. The maximum absolute atomic E-state index is 14.2. The molecule has 134 valence electrons. The zero-order chi connectivity index (χ0) is 18.6. The average Bonchev–Trinajstić information content (AvgIpc) is 2.87. The van der Waals surface area contributed by atoms with Crippen LogP contribution in [-0.4, -0.2) is 28.6 Å². The van der Waals surface area contributed by atoms with Crippen LogP contribution in [0, 0.1) is 9.39 Å². The maximum Gasteiger partial charge on any atom is 0.176 e. The number of aromatic nitrogens is 1. The lowest BCUT2D eigenvalue weighted by Gasteiger charge is -2.14. The Kier molecular flexibility index (Phi) is 6.60. The number of aliphatic hydroxyl groups excluding tert-OH is 1. The molecule has 0 unspecified atom stereocenters. The van der Waals surface area contributed by atoms with Crippen LogP contribution in [0.25, 0.3) is 5.70 Å². The number of ketones is 1. The summed E-state index contributed by atoms with van der Waals surface area (Å²) in [6, 6.07) is 6.62. The summed E-state index contributed by atoms with van der Waals surface area (Å²) < 4.78 is 16.7. The van der Waals surface area contributed by atoms with Crippen molar-refractivity contribution in [1.29, 1.82) is 0 Å². The van der Waals surface area contributed by atoms with E-state index >= 15 is 0 Å². The fourth-order valence-electron chi connectivity index (χ4n) is 2.45. The molecule has 0 aliphatic heterocycles. The fraction of sp³-hybridized carbons (Fsp3) is 0.278. The van der Waals surface area contributed by atoms with Crippen molar-refractivity contribution >= 4 is 45.6 Å². The average molecular weight is 457 g/mol. The summed E-state index contributed by atoms with van der Waals surface area (Å²) in [6.45, 7) is 6.11. The molecule has 1 heterocycles. The van der Waals surface area contributed by atoms with Crippen molar-refractivity contribution in [3.8, 4) is 0 Å². The molecule has 5 nitrogen and oxygen atoms in total. The monoisotopic (exact) mass is 457 g/mol. The molecular formula is C18H21FIN3O2. The van der Waals surface area contributed by atoms with Crippen LogP contribution >= 0.6 is 22.6 Å². The smallest absolute Gasteiger partial charge is 0.176 e. The summed E-state index contributed by atoms with van der Waals surface area (Å²) in [6.07, 6.45) is 0.583. The second kappa shape index (κ2) is 8.48. The van der Waals surface area contributed by atoms with Crippen molar-refractivity contribution in [1.82, 2.24) is 9.88 Å².